The summed E-state index contributed by atoms with van der Waals surface area (Å²) in [7, 11) is 1.68. The van der Waals surface area contributed by atoms with Crippen molar-refractivity contribution in [1.82, 2.24) is 5.32 Å². The lowest BCUT2D eigenvalue weighted by molar-refractivity contribution is 0.284. The number of para-hydroxylation sites is 1. The van der Waals surface area contributed by atoms with E-state index >= 15 is 0 Å². The summed E-state index contributed by atoms with van der Waals surface area (Å²) in [5, 5.41) is 3.40. The Balaban J connectivity index is 1.35. The van der Waals surface area contributed by atoms with E-state index in [4.69, 9.17) is 14.2 Å². The molecule has 0 fully saturated rings. The molecule has 122 valence electrons. The van der Waals surface area contributed by atoms with E-state index < -0.39 is 0 Å². The van der Waals surface area contributed by atoms with Gasteiger partial charge in [0, 0.05) is 18.5 Å². The van der Waals surface area contributed by atoms with Gasteiger partial charge < -0.3 is 19.5 Å². The fraction of sp³-hybridized carbons (Fsp3) is 0.368. The van der Waals surface area contributed by atoms with Gasteiger partial charge in [-0.3, -0.25) is 0 Å². The number of nitrogens with one attached hydrogen (secondary N) is 1. The van der Waals surface area contributed by atoms with Gasteiger partial charge in [-0.1, -0.05) is 24.3 Å². The summed E-state index contributed by atoms with van der Waals surface area (Å²) >= 11 is 0. The zero-order chi connectivity index (χ0) is 15.9. The lowest BCUT2D eigenvalue weighted by atomic mass is 10.1. The zero-order valence-corrected chi connectivity index (χ0v) is 13.5. The SMILES string of the molecule is COc1ccc(CCNCCOc2cccc3c2OCC3)cc1. The minimum atomic E-state index is 0.641. The largest absolute Gasteiger partial charge is 0.497 e. The fourth-order valence-electron chi connectivity index (χ4n) is 2.68. The maximum atomic E-state index is 5.83. The number of benzene rings is 2. The molecule has 0 aromatic heterocycles. The molecule has 2 aromatic rings. The van der Waals surface area contributed by atoms with Crippen LogP contribution in [0.2, 0.25) is 0 Å². The van der Waals surface area contributed by atoms with Crippen LogP contribution in [0.3, 0.4) is 0 Å². The highest BCUT2D eigenvalue weighted by molar-refractivity contribution is 5.48. The van der Waals surface area contributed by atoms with Gasteiger partial charge in [-0.15, -0.1) is 0 Å². The number of fused-ring (bicyclic) bond motifs is 1. The van der Waals surface area contributed by atoms with Gasteiger partial charge in [0.1, 0.15) is 12.4 Å². The maximum Gasteiger partial charge on any atom is 0.164 e. The van der Waals surface area contributed by atoms with Crippen molar-refractivity contribution in [2.45, 2.75) is 12.8 Å². The normalized spacial score (nSPS) is 12.6. The van der Waals surface area contributed by atoms with Crippen LogP contribution in [-0.2, 0) is 12.8 Å². The standard InChI is InChI=1S/C19H23NO3/c1-21-17-7-5-15(6-8-17)9-11-20-12-14-22-18-4-2-3-16-10-13-23-19(16)18/h2-8,20H,9-14H2,1H3. The van der Waals surface area contributed by atoms with Crippen LogP contribution in [0.1, 0.15) is 11.1 Å². The van der Waals surface area contributed by atoms with Gasteiger partial charge >= 0.3 is 0 Å². The van der Waals surface area contributed by atoms with Crippen molar-refractivity contribution < 1.29 is 14.2 Å². The van der Waals surface area contributed by atoms with E-state index in [9.17, 15) is 0 Å². The van der Waals surface area contributed by atoms with E-state index in [1.807, 2.05) is 24.3 Å². The minimum Gasteiger partial charge on any atom is -0.497 e. The molecule has 4 nitrogen and oxygen atoms in total. The number of hydrogen-bond donors (Lipinski definition) is 1. The highest BCUT2D eigenvalue weighted by atomic mass is 16.5. The Labute approximate surface area is 137 Å². The number of methoxy groups -OCH3 is 1. The van der Waals surface area contributed by atoms with E-state index in [1.165, 1.54) is 11.1 Å². The molecule has 0 aliphatic carbocycles. The summed E-state index contributed by atoms with van der Waals surface area (Å²) < 4.78 is 16.6. The molecule has 0 amide bonds. The molecular weight excluding hydrogens is 290 g/mol. The van der Waals surface area contributed by atoms with Crippen LogP contribution in [0, 0.1) is 0 Å². The van der Waals surface area contributed by atoms with Crippen LogP contribution in [0.25, 0.3) is 0 Å². The molecule has 0 bridgehead atoms. The van der Waals surface area contributed by atoms with Crippen LogP contribution in [0.4, 0.5) is 0 Å². The Bertz CT molecular complexity index is 625. The van der Waals surface area contributed by atoms with Gasteiger partial charge in [0.25, 0.3) is 0 Å². The van der Waals surface area contributed by atoms with Gasteiger partial charge in [-0.25, -0.2) is 0 Å². The zero-order valence-electron chi connectivity index (χ0n) is 13.5. The highest BCUT2D eigenvalue weighted by Crippen LogP contribution is 2.35. The summed E-state index contributed by atoms with van der Waals surface area (Å²) in [5.74, 6) is 2.68. The molecule has 1 N–H and O–H groups in total. The molecule has 1 heterocycles. The van der Waals surface area contributed by atoms with Gasteiger partial charge in [-0.05, 0) is 36.7 Å². The van der Waals surface area contributed by atoms with Crippen LogP contribution in [-0.4, -0.2) is 33.4 Å². The number of hydrogen-bond acceptors (Lipinski definition) is 4. The maximum absolute atomic E-state index is 5.83. The molecular formula is C19H23NO3. The average Bonchev–Trinajstić information content (AvgIpc) is 3.08. The van der Waals surface area contributed by atoms with Crippen molar-refractivity contribution >= 4 is 0 Å². The third-order valence-electron chi connectivity index (χ3n) is 3.96. The molecule has 0 radical (unpaired) electrons. The summed E-state index contributed by atoms with van der Waals surface area (Å²) in [5.41, 5.74) is 2.54. The molecule has 0 spiro atoms. The first-order valence-corrected chi connectivity index (χ1v) is 8.08. The van der Waals surface area contributed by atoms with E-state index in [1.54, 1.807) is 7.11 Å². The Morgan fingerprint density at radius 3 is 2.78 bits per heavy atom. The molecule has 1 aliphatic rings. The van der Waals surface area contributed by atoms with Gasteiger partial charge in [-0.2, -0.15) is 0 Å². The Kier molecular flexibility index (Phi) is 5.37. The van der Waals surface area contributed by atoms with Crippen molar-refractivity contribution in [2.24, 2.45) is 0 Å². The third-order valence-corrected chi connectivity index (χ3v) is 3.96. The molecule has 0 saturated heterocycles. The summed E-state index contributed by atoms with van der Waals surface area (Å²) in [4.78, 5) is 0. The van der Waals surface area contributed by atoms with Crippen molar-refractivity contribution in [3.05, 3.63) is 53.6 Å². The first-order valence-electron chi connectivity index (χ1n) is 8.08. The topological polar surface area (TPSA) is 39.7 Å². The van der Waals surface area contributed by atoms with Crippen molar-refractivity contribution in [3.8, 4) is 17.2 Å². The monoisotopic (exact) mass is 313 g/mol. The average molecular weight is 313 g/mol. The van der Waals surface area contributed by atoms with E-state index in [-0.39, 0.29) is 0 Å². The molecule has 4 heteroatoms. The number of rotatable bonds is 8. The molecule has 0 unspecified atom stereocenters. The van der Waals surface area contributed by atoms with Crippen LogP contribution in [0.5, 0.6) is 17.2 Å². The second-order valence-corrected chi connectivity index (χ2v) is 5.54. The first-order chi connectivity index (χ1) is 11.4. The Morgan fingerprint density at radius 1 is 1.09 bits per heavy atom. The molecule has 1 aliphatic heterocycles. The smallest absolute Gasteiger partial charge is 0.164 e. The first kappa shape index (κ1) is 15.7. The molecule has 23 heavy (non-hydrogen) atoms. The van der Waals surface area contributed by atoms with E-state index in [0.717, 1.165) is 49.8 Å². The van der Waals surface area contributed by atoms with E-state index in [2.05, 4.69) is 23.5 Å². The summed E-state index contributed by atoms with van der Waals surface area (Å²) in [6.45, 7) is 3.15. The van der Waals surface area contributed by atoms with Crippen molar-refractivity contribution in [1.29, 1.82) is 0 Å². The molecule has 3 rings (SSSR count). The van der Waals surface area contributed by atoms with E-state index in [0.29, 0.717) is 6.61 Å². The van der Waals surface area contributed by atoms with Gasteiger partial charge in [0.05, 0.1) is 13.7 Å². The van der Waals surface area contributed by atoms with Crippen LogP contribution < -0.4 is 19.5 Å². The van der Waals surface area contributed by atoms with Crippen LogP contribution in [0.15, 0.2) is 42.5 Å². The summed E-state index contributed by atoms with van der Waals surface area (Å²) in [6, 6.07) is 14.3. The van der Waals surface area contributed by atoms with Crippen molar-refractivity contribution in [3.63, 3.8) is 0 Å². The lowest BCUT2D eigenvalue weighted by Crippen LogP contribution is -2.23. The van der Waals surface area contributed by atoms with Crippen LogP contribution >= 0.6 is 0 Å². The lowest BCUT2D eigenvalue weighted by Gasteiger charge is -2.11. The second-order valence-electron chi connectivity index (χ2n) is 5.54. The highest BCUT2D eigenvalue weighted by Gasteiger charge is 2.16. The van der Waals surface area contributed by atoms with Crippen molar-refractivity contribution in [2.75, 3.05) is 33.4 Å². The molecule has 0 saturated carbocycles. The van der Waals surface area contributed by atoms with Gasteiger partial charge in [0.15, 0.2) is 11.5 Å². The Hall–Kier alpha value is -2.20. The Morgan fingerprint density at radius 2 is 1.96 bits per heavy atom. The molecule has 0 atom stereocenters. The number of ether oxygens (including phenoxy) is 3. The predicted octanol–water partition coefficient (Wildman–Crippen LogP) is 2.84. The predicted molar refractivity (Wildman–Crippen MR) is 90.7 cm³/mol. The minimum absolute atomic E-state index is 0.641. The quantitative estimate of drug-likeness (QED) is 0.761. The molecule has 2 aromatic carbocycles. The summed E-state index contributed by atoms with van der Waals surface area (Å²) in [6.07, 6.45) is 1.97. The second kappa shape index (κ2) is 7.88. The fourth-order valence-corrected chi connectivity index (χ4v) is 2.68. The van der Waals surface area contributed by atoms with Gasteiger partial charge in [0.2, 0.25) is 0 Å². The third kappa shape index (κ3) is 4.17.